The first-order valence-corrected chi connectivity index (χ1v) is 12.4. The van der Waals surface area contributed by atoms with Gasteiger partial charge in [-0.2, -0.15) is 0 Å². The fourth-order valence-corrected chi connectivity index (χ4v) is 6.20. The molecule has 0 radical (unpaired) electrons. The molecule has 3 aromatic rings. The van der Waals surface area contributed by atoms with E-state index in [-0.39, 0.29) is 5.41 Å². The Bertz CT molecular complexity index is 1020. The molecule has 2 aliphatic heterocycles. The second-order valence-corrected chi connectivity index (χ2v) is 10.0. The second-order valence-electron chi connectivity index (χ2n) is 10.0. The third kappa shape index (κ3) is 4.24. The second kappa shape index (κ2) is 9.38. The lowest BCUT2D eigenvalue weighted by Gasteiger charge is -2.42. The number of aliphatic hydroxyl groups is 1. The van der Waals surface area contributed by atoms with E-state index in [2.05, 4.69) is 82.1 Å². The van der Waals surface area contributed by atoms with E-state index in [4.69, 9.17) is 0 Å². The van der Waals surface area contributed by atoms with Gasteiger partial charge in [0.25, 0.3) is 0 Å². The smallest absolute Gasteiger partial charge is 0.0483 e. The molecule has 1 N–H and O–H groups in total. The molecule has 3 heterocycles. The topological polar surface area (TPSA) is 31.6 Å². The van der Waals surface area contributed by atoms with Crippen LogP contribution in [0.1, 0.15) is 37.3 Å². The number of likely N-dealkylation sites (tertiary alicyclic amines) is 2. The molecular formula is C28H37N3O. The molecule has 1 unspecified atom stereocenters. The summed E-state index contributed by atoms with van der Waals surface area (Å²) in [6.45, 7) is 10.1. The number of aliphatic hydroxyl groups excluding tert-OH is 1. The number of rotatable bonds is 7. The minimum absolute atomic E-state index is 0.274. The predicted octanol–water partition coefficient (Wildman–Crippen LogP) is 4.76. The lowest BCUT2D eigenvalue weighted by Crippen LogP contribution is -2.44. The van der Waals surface area contributed by atoms with Crippen LogP contribution in [-0.4, -0.2) is 52.3 Å². The van der Waals surface area contributed by atoms with Crippen LogP contribution in [0.3, 0.4) is 0 Å². The summed E-state index contributed by atoms with van der Waals surface area (Å²) >= 11 is 0. The molecule has 0 bridgehead atoms. The zero-order valence-corrected chi connectivity index (χ0v) is 19.4. The van der Waals surface area contributed by atoms with Crippen LogP contribution in [0, 0.1) is 11.3 Å². The predicted molar refractivity (Wildman–Crippen MR) is 131 cm³/mol. The van der Waals surface area contributed by atoms with Gasteiger partial charge in [-0.05, 0) is 55.0 Å². The van der Waals surface area contributed by atoms with E-state index in [0.717, 1.165) is 52.2 Å². The van der Waals surface area contributed by atoms with Gasteiger partial charge in [-0.25, -0.2) is 0 Å². The van der Waals surface area contributed by atoms with Crippen LogP contribution in [-0.2, 0) is 19.6 Å². The van der Waals surface area contributed by atoms with Crippen molar-refractivity contribution in [2.45, 2.75) is 45.8 Å². The van der Waals surface area contributed by atoms with Crippen LogP contribution >= 0.6 is 0 Å². The average molecular weight is 432 g/mol. The van der Waals surface area contributed by atoms with E-state index >= 15 is 0 Å². The van der Waals surface area contributed by atoms with Gasteiger partial charge in [0.1, 0.15) is 0 Å². The van der Waals surface area contributed by atoms with Crippen molar-refractivity contribution in [2.75, 3.05) is 32.8 Å². The molecule has 1 aromatic heterocycles. The third-order valence-corrected chi connectivity index (χ3v) is 7.93. The van der Waals surface area contributed by atoms with Crippen molar-refractivity contribution in [3.63, 3.8) is 0 Å². The van der Waals surface area contributed by atoms with Crippen LogP contribution in [0.5, 0.6) is 0 Å². The molecule has 5 rings (SSSR count). The molecule has 0 amide bonds. The highest BCUT2D eigenvalue weighted by atomic mass is 16.3. The van der Waals surface area contributed by atoms with Gasteiger partial charge >= 0.3 is 0 Å². The molecule has 4 nitrogen and oxygen atoms in total. The Kier molecular flexibility index (Phi) is 6.36. The SMILES string of the molecule is CCCn1cc(CN2CCC3(CC2)CN(Cc2ccccc2)CC3CO)c2ccccc21. The first kappa shape index (κ1) is 21.7. The molecule has 170 valence electrons. The Hall–Kier alpha value is -2.14. The number of hydrogen-bond acceptors (Lipinski definition) is 3. The average Bonchev–Trinajstić information content (AvgIpc) is 3.34. The largest absolute Gasteiger partial charge is 0.396 e. The quantitative estimate of drug-likeness (QED) is 0.585. The molecular weight excluding hydrogens is 394 g/mol. The Balaban J connectivity index is 1.25. The zero-order chi connectivity index (χ0) is 22.0. The van der Waals surface area contributed by atoms with Crippen LogP contribution < -0.4 is 0 Å². The Morgan fingerprint density at radius 2 is 1.69 bits per heavy atom. The molecule has 0 aliphatic carbocycles. The lowest BCUT2D eigenvalue weighted by atomic mass is 9.71. The highest BCUT2D eigenvalue weighted by molar-refractivity contribution is 5.83. The van der Waals surface area contributed by atoms with E-state index in [0.29, 0.717) is 12.5 Å². The molecule has 0 saturated carbocycles. The van der Waals surface area contributed by atoms with Gasteiger partial charge in [0.15, 0.2) is 0 Å². The van der Waals surface area contributed by atoms with Crippen molar-refractivity contribution in [1.82, 2.24) is 14.4 Å². The molecule has 2 saturated heterocycles. The summed E-state index contributed by atoms with van der Waals surface area (Å²) < 4.78 is 2.43. The summed E-state index contributed by atoms with van der Waals surface area (Å²) in [7, 11) is 0. The van der Waals surface area contributed by atoms with Gasteiger partial charge in [-0.1, -0.05) is 55.5 Å². The normalized spacial score (nSPS) is 21.6. The molecule has 2 fully saturated rings. The lowest BCUT2D eigenvalue weighted by molar-refractivity contribution is 0.0483. The van der Waals surface area contributed by atoms with Crippen molar-refractivity contribution in [1.29, 1.82) is 0 Å². The zero-order valence-electron chi connectivity index (χ0n) is 19.4. The molecule has 1 atom stereocenters. The van der Waals surface area contributed by atoms with Crippen molar-refractivity contribution in [3.05, 3.63) is 71.9 Å². The monoisotopic (exact) mass is 431 g/mol. The van der Waals surface area contributed by atoms with E-state index in [9.17, 15) is 5.11 Å². The number of nitrogens with zero attached hydrogens (tertiary/aromatic N) is 3. The number of aromatic nitrogens is 1. The maximum atomic E-state index is 10.2. The van der Waals surface area contributed by atoms with Crippen molar-refractivity contribution >= 4 is 10.9 Å². The summed E-state index contributed by atoms with van der Waals surface area (Å²) in [6, 6.07) is 19.6. The van der Waals surface area contributed by atoms with Crippen molar-refractivity contribution in [3.8, 4) is 0 Å². The van der Waals surface area contributed by atoms with Crippen LogP contribution in [0.15, 0.2) is 60.8 Å². The fraction of sp³-hybridized carbons (Fsp3) is 0.500. The maximum absolute atomic E-state index is 10.2. The Morgan fingerprint density at radius 3 is 2.44 bits per heavy atom. The molecule has 2 aromatic carbocycles. The van der Waals surface area contributed by atoms with Crippen LogP contribution in [0.2, 0.25) is 0 Å². The Morgan fingerprint density at radius 1 is 0.938 bits per heavy atom. The third-order valence-electron chi connectivity index (χ3n) is 7.93. The minimum Gasteiger partial charge on any atom is -0.396 e. The number of fused-ring (bicyclic) bond motifs is 1. The number of aryl methyl sites for hydroxylation is 1. The van der Waals surface area contributed by atoms with Crippen LogP contribution in [0.25, 0.3) is 10.9 Å². The van der Waals surface area contributed by atoms with Gasteiger partial charge in [0.05, 0.1) is 0 Å². The highest BCUT2D eigenvalue weighted by Gasteiger charge is 2.47. The summed E-state index contributed by atoms with van der Waals surface area (Å²) in [5, 5.41) is 11.6. The number of para-hydroxylation sites is 1. The number of piperidine rings is 1. The molecule has 1 spiro atoms. The molecule has 32 heavy (non-hydrogen) atoms. The van der Waals surface area contributed by atoms with Gasteiger partial charge in [0, 0.05) is 62.3 Å². The standard InChI is InChI=1S/C28H37N3O/c1-2-14-31-19-24(26-10-6-7-11-27(26)31)18-29-15-12-28(13-16-29)22-30(20-25(28)21-32)17-23-8-4-3-5-9-23/h3-11,19,25,32H,2,12-18,20-22H2,1H3. The molecule has 2 aliphatic rings. The van der Waals surface area contributed by atoms with E-state index in [1.807, 2.05) is 0 Å². The van der Waals surface area contributed by atoms with E-state index < -0.39 is 0 Å². The summed E-state index contributed by atoms with van der Waals surface area (Å²) in [6.07, 6.45) is 5.92. The van der Waals surface area contributed by atoms with Gasteiger partial charge in [0.2, 0.25) is 0 Å². The van der Waals surface area contributed by atoms with Crippen molar-refractivity contribution in [2.24, 2.45) is 11.3 Å². The van der Waals surface area contributed by atoms with E-state index in [1.54, 1.807) is 0 Å². The minimum atomic E-state index is 0.274. The fourth-order valence-electron chi connectivity index (χ4n) is 6.20. The molecule has 4 heteroatoms. The maximum Gasteiger partial charge on any atom is 0.0483 e. The van der Waals surface area contributed by atoms with E-state index in [1.165, 1.54) is 34.9 Å². The highest BCUT2D eigenvalue weighted by Crippen LogP contribution is 2.45. The number of benzene rings is 2. The number of hydrogen-bond donors (Lipinski definition) is 1. The first-order valence-electron chi connectivity index (χ1n) is 12.4. The van der Waals surface area contributed by atoms with Crippen LogP contribution in [0.4, 0.5) is 0 Å². The summed E-state index contributed by atoms with van der Waals surface area (Å²) in [4.78, 5) is 5.21. The van der Waals surface area contributed by atoms with Gasteiger partial charge < -0.3 is 9.67 Å². The summed E-state index contributed by atoms with van der Waals surface area (Å²) in [5.74, 6) is 0.403. The Labute approximate surface area is 192 Å². The first-order chi connectivity index (χ1) is 15.7. The van der Waals surface area contributed by atoms with Gasteiger partial charge in [-0.15, -0.1) is 0 Å². The van der Waals surface area contributed by atoms with Crippen molar-refractivity contribution < 1.29 is 5.11 Å². The summed E-state index contributed by atoms with van der Waals surface area (Å²) in [5.41, 5.74) is 4.48. The van der Waals surface area contributed by atoms with Gasteiger partial charge in [-0.3, -0.25) is 9.80 Å².